The highest BCUT2D eigenvalue weighted by atomic mass is 32.1. The molecule has 3 rings (SSSR count). The predicted molar refractivity (Wildman–Crippen MR) is 74.3 cm³/mol. The van der Waals surface area contributed by atoms with Crippen LogP contribution in [0.4, 0.5) is 0 Å². The smallest absolute Gasteiger partial charge is 0.189 e. The highest BCUT2D eigenvalue weighted by Crippen LogP contribution is 2.27. The Bertz CT molecular complexity index is 398. The molecule has 0 bridgehead atoms. The van der Waals surface area contributed by atoms with Crippen molar-refractivity contribution in [2.24, 2.45) is 0 Å². The molecule has 0 amide bonds. The Morgan fingerprint density at radius 1 is 1.33 bits per heavy atom. The van der Waals surface area contributed by atoms with Crippen LogP contribution < -0.4 is 5.32 Å². The average Bonchev–Trinajstić information content (AvgIpc) is 3.10. The van der Waals surface area contributed by atoms with Gasteiger partial charge in [-0.3, -0.25) is 9.69 Å². The van der Waals surface area contributed by atoms with Crippen LogP contribution in [-0.2, 0) is 0 Å². The maximum absolute atomic E-state index is 12.5. The van der Waals surface area contributed by atoms with E-state index in [1.54, 1.807) is 11.3 Å². The van der Waals surface area contributed by atoms with Gasteiger partial charge in [0, 0.05) is 6.04 Å². The van der Waals surface area contributed by atoms with Crippen LogP contribution in [0.15, 0.2) is 17.5 Å². The van der Waals surface area contributed by atoms with Crippen molar-refractivity contribution in [2.75, 3.05) is 19.6 Å². The van der Waals surface area contributed by atoms with Gasteiger partial charge in [0.15, 0.2) is 5.78 Å². The first-order valence-corrected chi connectivity index (χ1v) is 7.78. The van der Waals surface area contributed by atoms with Crippen LogP contribution in [0.1, 0.15) is 35.4 Å². The molecule has 1 unspecified atom stereocenters. The first-order valence-electron chi connectivity index (χ1n) is 6.90. The second-order valence-electron chi connectivity index (χ2n) is 5.22. The monoisotopic (exact) mass is 264 g/mol. The minimum Gasteiger partial charge on any atom is -0.317 e. The van der Waals surface area contributed by atoms with E-state index in [-0.39, 0.29) is 6.04 Å². The van der Waals surface area contributed by atoms with Crippen molar-refractivity contribution in [1.29, 1.82) is 0 Å². The highest BCUT2D eigenvalue weighted by Gasteiger charge is 2.36. The van der Waals surface area contributed by atoms with Gasteiger partial charge in [0.25, 0.3) is 0 Å². The first kappa shape index (κ1) is 12.3. The first-order chi connectivity index (χ1) is 8.86. The molecule has 18 heavy (non-hydrogen) atoms. The summed E-state index contributed by atoms with van der Waals surface area (Å²) in [6.45, 7) is 3.30. The Balaban J connectivity index is 1.72. The van der Waals surface area contributed by atoms with Gasteiger partial charge in [-0.05, 0) is 56.8 Å². The Hall–Kier alpha value is -0.710. The van der Waals surface area contributed by atoms with E-state index in [9.17, 15) is 4.79 Å². The fraction of sp³-hybridized carbons (Fsp3) is 0.643. The van der Waals surface area contributed by atoms with Crippen molar-refractivity contribution in [3.8, 4) is 0 Å². The Kier molecular flexibility index (Phi) is 3.77. The van der Waals surface area contributed by atoms with Crippen LogP contribution in [0.25, 0.3) is 0 Å². The minimum atomic E-state index is 0.145. The maximum atomic E-state index is 12.5. The topological polar surface area (TPSA) is 32.3 Å². The molecule has 1 aromatic heterocycles. The van der Waals surface area contributed by atoms with Crippen molar-refractivity contribution >= 4 is 17.1 Å². The van der Waals surface area contributed by atoms with E-state index in [2.05, 4.69) is 10.2 Å². The van der Waals surface area contributed by atoms with Crippen LogP contribution >= 0.6 is 11.3 Å². The lowest BCUT2D eigenvalue weighted by molar-refractivity contribution is 0.0788. The minimum absolute atomic E-state index is 0.145. The molecule has 0 radical (unpaired) electrons. The molecule has 0 aromatic carbocycles. The molecule has 2 aliphatic heterocycles. The van der Waals surface area contributed by atoms with E-state index in [1.807, 2.05) is 17.5 Å². The number of likely N-dealkylation sites (tertiary alicyclic amines) is 1. The molecule has 0 spiro atoms. The molecular weight excluding hydrogens is 244 g/mol. The molecule has 98 valence electrons. The van der Waals surface area contributed by atoms with Crippen LogP contribution in [0.2, 0.25) is 0 Å². The Labute approximate surface area is 112 Å². The summed E-state index contributed by atoms with van der Waals surface area (Å²) < 4.78 is 0. The number of nitrogens with zero attached hydrogens (tertiary/aromatic N) is 1. The van der Waals surface area contributed by atoms with E-state index in [1.165, 1.54) is 19.3 Å². The summed E-state index contributed by atoms with van der Waals surface area (Å²) in [5.74, 6) is 0.348. The molecule has 2 fully saturated rings. The van der Waals surface area contributed by atoms with E-state index in [4.69, 9.17) is 0 Å². The summed E-state index contributed by atoms with van der Waals surface area (Å²) in [6.07, 6.45) is 4.59. The van der Waals surface area contributed by atoms with Crippen molar-refractivity contribution in [1.82, 2.24) is 10.2 Å². The number of carbonyl (C=O) groups is 1. The lowest BCUT2D eigenvalue weighted by Crippen LogP contribution is -2.47. The number of carbonyl (C=O) groups excluding carboxylic acids is 1. The molecular formula is C14H20N2OS. The number of Topliss-reactive ketones (excluding diaryl/α,β-unsaturated/α-hetero) is 1. The summed E-state index contributed by atoms with van der Waals surface area (Å²) in [6, 6.07) is 4.70. The van der Waals surface area contributed by atoms with Crippen molar-refractivity contribution < 1.29 is 4.79 Å². The largest absolute Gasteiger partial charge is 0.317 e. The standard InChI is InChI=1S/C14H20N2OS/c17-14(13-4-2-10-18-13)12-3-1-9-16(12)11-5-7-15-8-6-11/h2,4,10-12,15H,1,3,5-9H2. The molecule has 1 aromatic rings. The van der Waals surface area contributed by atoms with Gasteiger partial charge in [-0.1, -0.05) is 6.07 Å². The van der Waals surface area contributed by atoms with Gasteiger partial charge in [0.1, 0.15) is 0 Å². The summed E-state index contributed by atoms with van der Waals surface area (Å²) in [4.78, 5) is 15.9. The normalized spacial score (nSPS) is 26.6. The lowest BCUT2D eigenvalue weighted by atomic mass is 10.0. The van der Waals surface area contributed by atoms with Gasteiger partial charge in [-0.15, -0.1) is 11.3 Å². The third-order valence-electron chi connectivity index (χ3n) is 4.14. The summed E-state index contributed by atoms with van der Waals surface area (Å²) in [5, 5.41) is 5.40. The van der Waals surface area contributed by atoms with E-state index < -0.39 is 0 Å². The molecule has 0 saturated carbocycles. The Morgan fingerprint density at radius 2 is 2.17 bits per heavy atom. The average molecular weight is 264 g/mol. The quantitative estimate of drug-likeness (QED) is 0.849. The second-order valence-corrected chi connectivity index (χ2v) is 6.17. The van der Waals surface area contributed by atoms with Crippen molar-refractivity contribution in [3.63, 3.8) is 0 Å². The van der Waals surface area contributed by atoms with Crippen LogP contribution in [-0.4, -0.2) is 42.4 Å². The van der Waals surface area contributed by atoms with Gasteiger partial charge in [-0.25, -0.2) is 0 Å². The third kappa shape index (κ3) is 2.37. The van der Waals surface area contributed by atoms with Crippen molar-refractivity contribution in [2.45, 2.75) is 37.8 Å². The van der Waals surface area contributed by atoms with Gasteiger partial charge in [0.2, 0.25) is 0 Å². The van der Waals surface area contributed by atoms with Gasteiger partial charge in [-0.2, -0.15) is 0 Å². The molecule has 2 saturated heterocycles. The maximum Gasteiger partial charge on any atom is 0.189 e. The number of hydrogen-bond donors (Lipinski definition) is 1. The molecule has 0 aliphatic carbocycles. The molecule has 3 nitrogen and oxygen atoms in total. The highest BCUT2D eigenvalue weighted by molar-refractivity contribution is 7.12. The SMILES string of the molecule is O=C(c1cccs1)C1CCCN1C1CCNCC1. The number of nitrogens with one attached hydrogen (secondary N) is 1. The molecule has 4 heteroatoms. The zero-order chi connectivity index (χ0) is 12.4. The number of ketones is 1. The zero-order valence-corrected chi connectivity index (χ0v) is 11.4. The summed E-state index contributed by atoms with van der Waals surface area (Å²) >= 11 is 1.58. The van der Waals surface area contributed by atoms with E-state index in [0.29, 0.717) is 11.8 Å². The molecule has 3 heterocycles. The number of hydrogen-bond acceptors (Lipinski definition) is 4. The molecule has 1 N–H and O–H groups in total. The predicted octanol–water partition coefficient (Wildman–Crippen LogP) is 2.15. The van der Waals surface area contributed by atoms with Crippen LogP contribution in [0.5, 0.6) is 0 Å². The molecule has 2 aliphatic rings. The zero-order valence-electron chi connectivity index (χ0n) is 10.6. The third-order valence-corrected chi connectivity index (χ3v) is 5.02. The molecule has 1 atom stereocenters. The second kappa shape index (κ2) is 5.51. The fourth-order valence-corrected chi connectivity index (χ4v) is 3.94. The van der Waals surface area contributed by atoms with Gasteiger partial charge >= 0.3 is 0 Å². The Morgan fingerprint density at radius 3 is 2.89 bits per heavy atom. The van der Waals surface area contributed by atoms with Crippen LogP contribution in [0.3, 0.4) is 0 Å². The van der Waals surface area contributed by atoms with E-state index >= 15 is 0 Å². The van der Waals surface area contributed by atoms with Gasteiger partial charge < -0.3 is 5.32 Å². The number of thiophene rings is 1. The van der Waals surface area contributed by atoms with Crippen molar-refractivity contribution in [3.05, 3.63) is 22.4 Å². The van der Waals surface area contributed by atoms with E-state index in [0.717, 1.165) is 30.9 Å². The summed E-state index contributed by atoms with van der Waals surface area (Å²) in [7, 11) is 0. The van der Waals surface area contributed by atoms with Gasteiger partial charge in [0.05, 0.1) is 10.9 Å². The fourth-order valence-electron chi connectivity index (χ4n) is 3.23. The number of piperidine rings is 1. The van der Waals surface area contributed by atoms with Crippen LogP contribution in [0, 0.1) is 0 Å². The lowest BCUT2D eigenvalue weighted by Gasteiger charge is -2.35. The summed E-state index contributed by atoms with van der Waals surface area (Å²) in [5.41, 5.74) is 0. The number of rotatable bonds is 3.